The van der Waals surface area contributed by atoms with Gasteiger partial charge in [0, 0.05) is 49.7 Å². The van der Waals surface area contributed by atoms with Crippen LogP contribution in [0.2, 0.25) is 0 Å². The number of ether oxygens (including phenoxy) is 2. The van der Waals surface area contributed by atoms with Gasteiger partial charge in [-0.05, 0) is 78.9 Å². The number of anilines is 2. The normalized spacial score (nSPS) is 15.0. The third-order valence-corrected chi connectivity index (χ3v) is 8.20. The fraction of sp³-hybridized carbons (Fsp3) is 0.306. The van der Waals surface area contributed by atoms with Crippen LogP contribution in [-0.4, -0.2) is 50.4 Å². The number of nitrogens with zero attached hydrogens (tertiary/aromatic N) is 2. The van der Waals surface area contributed by atoms with E-state index in [2.05, 4.69) is 34.3 Å². The molecule has 45 heavy (non-hydrogen) atoms. The maximum absolute atomic E-state index is 13.2. The summed E-state index contributed by atoms with van der Waals surface area (Å²) in [6, 6.07) is 30.0. The maximum Gasteiger partial charge on any atom is 0.416 e. The van der Waals surface area contributed by atoms with Gasteiger partial charge in [0.15, 0.2) is 0 Å². The molecule has 0 aliphatic carbocycles. The average molecular weight is 618 g/mol. The van der Waals surface area contributed by atoms with Gasteiger partial charge in [0.25, 0.3) is 5.91 Å². The molecule has 1 atom stereocenters. The summed E-state index contributed by atoms with van der Waals surface area (Å²) < 4.78 is 50.7. The van der Waals surface area contributed by atoms with Gasteiger partial charge < -0.3 is 19.7 Å². The van der Waals surface area contributed by atoms with Crippen LogP contribution in [0.3, 0.4) is 0 Å². The molecule has 0 aromatic heterocycles. The molecule has 5 rings (SSSR count). The van der Waals surface area contributed by atoms with Crippen LogP contribution in [0.15, 0.2) is 103 Å². The lowest BCUT2D eigenvalue weighted by Crippen LogP contribution is -2.45. The standard InChI is InChI=1S/C36H38F3N3O3/c1-3-44-25-45-35(27-9-5-4-6-10-27)42-23-21-31(22-24-42)41(2)30-19-17-29(18-20-30)40-34(43)33-12-8-7-11-32(33)26-13-15-28(16-14-26)36(37,38)39/h4-20,31,35H,3,21-25H2,1-2H3,(H,40,43). The van der Waals surface area contributed by atoms with E-state index in [-0.39, 0.29) is 18.9 Å². The van der Waals surface area contributed by atoms with E-state index in [1.165, 1.54) is 12.1 Å². The van der Waals surface area contributed by atoms with Crippen molar-refractivity contribution in [3.8, 4) is 11.1 Å². The Morgan fingerprint density at radius 2 is 1.56 bits per heavy atom. The number of alkyl halides is 3. The molecule has 4 aromatic rings. The largest absolute Gasteiger partial charge is 0.416 e. The van der Waals surface area contributed by atoms with Crippen molar-refractivity contribution in [3.63, 3.8) is 0 Å². The number of hydrogen-bond acceptors (Lipinski definition) is 5. The van der Waals surface area contributed by atoms with Crippen LogP contribution in [0, 0.1) is 0 Å². The summed E-state index contributed by atoms with van der Waals surface area (Å²) in [6.45, 7) is 4.57. The molecule has 9 heteroatoms. The number of rotatable bonds is 11. The molecule has 1 saturated heterocycles. The second-order valence-electron chi connectivity index (χ2n) is 11.0. The highest BCUT2D eigenvalue weighted by atomic mass is 19.4. The molecule has 1 heterocycles. The Balaban J connectivity index is 1.20. The van der Waals surface area contributed by atoms with E-state index < -0.39 is 11.7 Å². The second-order valence-corrected chi connectivity index (χ2v) is 11.0. The number of benzene rings is 4. The lowest BCUT2D eigenvalue weighted by atomic mass is 9.98. The molecular weight excluding hydrogens is 579 g/mol. The molecule has 0 radical (unpaired) electrons. The van der Waals surface area contributed by atoms with Crippen LogP contribution >= 0.6 is 0 Å². The first-order valence-electron chi connectivity index (χ1n) is 15.1. The van der Waals surface area contributed by atoms with Crippen LogP contribution < -0.4 is 10.2 Å². The molecule has 1 fully saturated rings. The molecule has 0 spiro atoms. The molecule has 1 N–H and O–H groups in total. The van der Waals surface area contributed by atoms with Crippen molar-refractivity contribution in [2.45, 2.75) is 38.2 Å². The molecule has 1 aliphatic heterocycles. The van der Waals surface area contributed by atoms with E-state index >= 15 is 0 Å². The van der Waals surface area contributed by atoms with Gasteiger partial charge in [-0.3, -0.25) is 9.69 Å². The first-order valence-corrected chi connectivity index (χ1v) is 15.1. The lowest BCUT2D eigenvalue weighted by molar-refractivity contribution is -0.147. The third kappa shape index (κ3) is 8.11. The Morgan fingerprint density at radius 3 is 2.20 bits per heavy atom. The van der Waals surface area contributed by atoms with Crippen LogP contribution in [0.25, 0.3) is 11.1 Å². The molecule has 1 amide bonds. The quantitative estimate of drug-likeness (QED) is 0.136. The Labute approximate surface area is 262 Å². The van der Waals surface area contributed by atoms with Gasteiger partial charge >= 0.3 is 6.18 Å². The molecule has 1 unspecified atom stereocenters. The van der Waals surface area contributed by atoms with Gasteiger partial charge in [-0.2, -0.15) is 13.2 Å². The Hall–Kier alpha value is -4.18. The highest BCUT2D eigenvalue weighted by molar-refractivity contribution is 6.08. The number of carbonyl (C=O) groups is 1. The fourth-order valence-corrected chi connectivity index (χ4v) is 5.69. The van der Waals surface area contributed by atoms with E-state index in [9.17, 15) is 18.0 Å². The van der Waals surface area contributed by atoms with Gasteiger partial charge in [0.2, 0.25) is 0 Å². The zero-order valence-electron chi connectivity index (χ0n) is 25.5. The lowest BCUT2D eigenvalue weighted by Gasteiger charge is -2.41. The first-order chi connectivity index (χ1) is 21.7. The van der Waals surface area contributed by atoms with E-state index in [1.807, 2.05) is 49.4 Å². The molecule has 1 aliphatic rings. The van der Waals surface area contributed by atoms with Crippen molar-refractivity contribution >= 4 is 17.3 Å². The summed E-state index contributed by atoms with van der Waals surface area (Å²) in [5, 5.41) is 2.94. The number of nitrogens with one attached hydrogen (secondary N) is 1. The zero-order chi connectivity index (χ0) is 31.8. The summed E-state index contributed by atoms with van der Waals surface area (Å²) in [5.74, 6) is -0.335. The average Bonchev–Trinajstić information content (AvgIpc) is 3.07. The van der Waals surface area contributed by atoms with Crippen LogP contribution in [-0.2, 0) is 15.7 Å². The van der Waals surface area contributed by atoms with Crippen molar-refractivity contribution in [1.82, 2.24) is 4.90 Å². The Morgan fingerprint density at radius 1 is 0.911 bits per heavy atom. The number of carbonyl (C=O) groups excluding carboxylic acids is 1. The molecule has 0 bridgehead atoms. The van der Waals surface area contributed by atoms with Crippen molar-refractivity contribution in [2.75, 3.05) is 43.8 Å². The SMILES string of the molecule is CCOCOC(c1ccccc1)N1CCC(N(C)c2ccc(NC(=O)c3ccccc3-c3ccc(C(F)(F)F)cc3)cc2)CC1. The monoisotopic (exact) mass is 617 g/mol. The summed E-state index contributed by atoms with van der Waals surface area (Å²) in [6.07, 6.45) is -2.64. The van der Waals surface area contributed by atoms with Gasteiger partial charge in [-0.15, -0.1) is 0 Å². The van der Waals surface area contributed by atoms with E-state index in [4.69, 9.17) is 9.47 Å². The van der Waals surface area contributed by atoms with Crippen molar-refractivity contribution in [3.05, 3.63) is 120 Å². The molecule has 4 aromatic carbocycles. The van der Waals surface area contributed by atoms with Crippen LogP contribution in [0.5, 0.6) is 0 Å². The highest BCUT2D eigenvalue weighted by Gasteiger charge is 2.30. The van der Waals surface area contributed by atoms with Crippen molar-refractivity contribution in [1.29, 1.82) is 0 Å². The van der Waals surface area contributed by atoms with Crippen LogP contribution in [0.1, 0.15) is 47.5 Å². The van der Waals surface area contributed by atoms with Gasteiger partial charge in [0.1, 0.15) is 13.0 Å². The predicted octanol–water partition coefficient (Wildman–Crippen LogP) is 8.23. The van der Waals surface area contributed by atoms with Crippen molar-refractivity contribution < 1.29 is 27.4 Å². The van der Waals surface area contributed by atoms with E-state index in [0.717, 1.165) is 49.3 Å². The minimum atomic E-state index is -4.42. The third-order valence-electron chi connectivity index (χ3n) is 8.20. The number of amides is 1. The topological polar surface area (TPSA) is 54.0 Å². The highest BCUT2D eigenvalue weighted by Crippen LogP contribution is 2.33. The van der Waals surface area contributed by atoms with Gasteiger partial charge in [-0.25, -0.2) is 0 Å². The molecule has 236 valence electrons. The minimum Gasteiger partial charge on any atom is -0.372 e. The zero-order valence-corrected chi connectivity index (χ0v) is 25.5. The Kier molecular flexibility index (Phi) is 10.5. The summed E-state index contributed by atoms with van der Waals surface area (Å²) >= 11 is 0. The number of hydrogen-bond donors (Lipinski definition) is 1. The first kappa shape index (κ1) is 32.2. The second kappa shape index (κ2) is 14.7. The van der Waals surface area contributed by atoms with Crippen LogP contribution in [0.4, 0.5) is 24.5 Å². The maximum atomic E-state index is 13.2. The number of halogens is 3. The number of likely N-dealkylation sites (tertiary alicyclic amines) is 1. The summed E-state index contributed by atoms with van der Waals surface area (Å²) in [7, 11) is 2.09. The van der Waals surface area contributed by atoms with E-state index in [1.54, 1.807) is 24.3 Å². The molecule has 0 saturated carbocycles. The van der Waals surface area contributed by atoms with Crippen molar-refractivity contribution in [2.24, 2.45) is 0 Å². The number of piperidine rings is 1. The van der Waals surface area contributed by atoms with Gasteiger partial charge in [0.05, 0.1) is 5.56 Å². The predicted molar refractivity (Wildman–Crippen MR) is 171 cm³/mol. The van der Waals surface area contributed by atoms with Gasteiger partial charge in [-0.1, -0.05) is 60.7 Å². The Bertz CT molecular complexity index is 1520. The van der Waals surface area contributed by atoms with E-state index in [0.29, 0.717) is 35.0 Å². The minimum absolute atomic E-state index is 0.156. The summed E-state index contributed by atoms with van der Waals surface area (Å²) in [4.78, 5) is 17.9. The molecular formula is C36H38F3N3O3. The smallest absolute Gasteiger partial charge is 0.372 e. The summed E-state index contributed by atoms with van der Waals surface area (Å²) in [5.41, 5.74) is 3.53. The fourth-order valence-electron chi connectivity index (χ4n) is 5.69. The molecule has 6 nitrogen and oxygen atoms in total.